The molecule has 1 saturated carbocycles. The van der Waals surface area contributed by atoms with Crippen LogP contribution in [0.5, 0.6) is 5.75 Å². The molecule has 0 radical (unpaired) electrons. The van der Waals surface area contributed by atoms with Gasteiger partial charge < -0.3 is 24.2 Å². The number of aromatic amines is 2. The molecule has 4 aromatic rings. The lowest BCUT2D eigenvalue weighted by molar-refractivity contribution is -0.160. The molecule has 1 saturated heterocycles. The second-order valence-electron chi connectivity index (χ2n) is 15.2. The van der Waals surface area contributed by atoms with Crippen molar-refractivity contribution in [1.29, 1.82) is 0 Å². The molecule has 4 heterocycles. The van der Waals surface area contributed by atoms with Crippen LogP contribution in [0.25, 0.3) is 33.6 Å². The number of carbonyl (C=O) groups excluding carboxylic acids is 2. The summed E-state index contributed by atoms with van der Waals surface area (Å²) in [7, 11) is 0. The highest BCUT2D eigenvalue weighted by molar-refractivity contribution is 5.81. The predicted octanol–water partition coefficient (Wildman–Crippen LogP) is 8.32. The van der Waals surface area contributed by atoms with Gasteiger partial charge >= 0.3 is 12.1 Å². The van der Waals surface area contributed by atoms with Crippen LogP contribution in [-0.2, 0) is 20.9 Å². The molecule has 0 bridgehead atoms. The number of benzene rings is 2. The molecular formula is C38H45N5O5. The minimum absolute atomic E-state index is 0.0312. The van der Waals surface area contributed by atoms with E-state index in [9.17, 15) is 9.59 Å². The summed E-state index contributed by atoms with van der Waals surface area (Å²) in [5, 5.41) is 0. The Morgan fingerprint density at radius 1 is 0.812 bits per heavy atom. The second kappa shape index (κ2) is 12.1. The molecule has 2 fully saturated rings. The first-order chi connectivity index (χ1) is 22.8. The van der Waals surface area contributed by atoms with Crippen molar-refractivity contribution >= 4 is 12.1 Å². The fourth-order valence-corrected chi connectivity index (χ4v) is 7.19. The van der Waals surface area contributed by atoms with Gasteiger partial charge in [0.15, 0.2) is 0 Å². The van der Waals surface area contributed by atoms with E-state index in [0.29, 0.717) is 13.2 Å². The topological polar surface area (TPSA) is 122 Å². The number of imidazole rings is 2. The van der Waals surface area contributed by atoms with Gasteiger partial charge in [-0.15, -0.1) is 0 Å². The van der Waals surface area contributed by atoms with Crippen LogP contribution in [0, 0.1) is 5.92 Å². The molecule has 1 amide bonds. The average Bonchev–Trinajstić information content (AvgIpc) is 3.84. The van der Waals surface area contributed by atoms with Crippen molar-refractivity contribution in [3.05, 3.63) is 66.0 Å². The maximum Gasteiger partial charge on any atom is 0.410 e. The molecule has 2 N–H and O–H groups in total. The quantitative estimate of drug-likeness (QED) is 0.208. The molecule has 7 rings (SSSR count). The Bertz CT molecular complexity index is 1710. The number of rotatable bonds is 5. The molecule has 3 atom stereocenters. The third-order valence-electron chi connectivity index (χ3n) is 9.35. The van der Waals surface area contributed by atoms with Crippen LogP contribution in [0.3, 0.4) is 0 Å². The molecule has 1 unspecified atom stereocenters. The van der Waals surface area contributed by atoms with Crippen LogP contribution >= 0.6 is 0 Å². The van der Waals surface area contributed by atoms with Crippen molar-refractivity contribution in [3.63, 3.8) is 0 Å². The van der Waals surface area contributed by atoms with Crippen molar-refractivity contribution < 1.29 is 23.8 Å². The van der Waals surface area contributed by atoms with Crippen molar-refractivity contribution in [2.75, 3.05) is 6.54 Å². The van der Waals surface area contributed by atoms with Gasteiger partial charge in [0.05, 0.1) is 35.7 Å². The maximum atomic E-state index is 12.9. The fourth-order valence-electron chi connectivity index (χ4n) is 7.19. The van der Waals surface area contributed by atoms with Crippen LogP contribution in [0.2, 0.25) is 0 Å². The first kappa shape index (κ1) is 32.0. The number of carbonyl (C=O) groups is 2. The Labute approximate surface area is 281 Å². The molecule has 10 nitrogen and oxygen atoms in total. The van der Waals surface area contributed by atoms with Crippen LogP contribution in [-0.4, -0.2) is 54.6 Å². The van der Waals surface area contributed by atoms with Gasteiger partial charge in [0.25, 0.3) is 0 Å². The predicted molar refractivity (Wildman–Crippen MR) is 182 cm³/mol. The van der Waals surface area contributed by atoms with Crippen molar-refractivity contribution in [2.45, 2.75) is 103 Å². The smallest absolute Gasteiger partial charge is 0.410 e. The SMILES string of the molecule is CC(C)(C)OC(=O)C1CCC[C@H]1c1ncc(-c2ccc3c(c2)COc2cc(-c4cnc([C@@H]5CCCN5C(=O)OC(C)(C)C)[nH]4)ccc2-3)[nH]1. The Kier molecular flexibility index (Phi) is 8.08. The highest BCUT2D eigenvalue weighted by Gasteiger charge is 2.39. The summed E-state index contributed by atoms with van der Waals surface area (Å²) < 4.78 is 17.7. The van der Waals surface area contributed by atoms with Crippen LogP contribution < -0.4 is 4.74 Å². The van der Waals surface area contributed by atoms with E-state index in [1.807, 2.05) is 60.0 Å². The minimum Gasteiger partial charge on any atom is -0.488 e. The van der Waals surface area contributed by atoms with Crippen molar-refractivity contribution in [1.82, 2.24) is 24.8 Å². The number of hydrogen-bond acceptors (Lipinski definition) is 7. The number of nitrogens with one attached hydrogen (secondary N) is 2. The zero-order valence-electron chi connectivity index (χ0n) is 28.7. The van der Waals surface area contributed by atoms with E-state index >= 15 is 0 Å². The van der Waals surface area contributed by atoms with E-state index in [2.05, 4.69) is 45.3 Å². The zero-order chi connectivity index (χ0) is 33.8. The van der Waals surface area contributed by atoms with Crippen molar-refractivity contribution in [2.24, 2.45) is 5.92 Å². The number of nitrogens with zero attached hydrogens (tertiary/aromatic N) is 3. The van der Waals surface area contributed by atoms with Gasteiger partial charge in [-0.3, -0.25) is 9.69 Å². The number of fused-ring (bicyclic) bond motifs is 3. The number of likely N-dealkylation sites (tertiary alicyclic amines) is 1. The van der Waals surface area contributed by atoms with Gasteiger partial charge in [0.2, 0.25) is 0 Å². The minimum atomic E-state index is -0.547. The Morgan fingerprint density at radius 2 is 1.48 bits per heavy atom. The normalized spacial score (nSPS) is 20.6. The van der Waals surface area contributed by atoms with E-state index in [0.717, 1.165) is 88.7 Å². The lowest BCUT2D eigenvalue weighted by atomic mass is 9.93. The first-order valence-electron chi connectivity index (χ1n) is 17.1. The number of esters is 1. The lowest BCUT2D eigenvalue weighted by Gasteiger charge is -2.27. The summed E-state index contributed by atoms with van der Waals surface area (Å²) >= 11 is 0. The number of hydrogen-bond donors (Lipinski definition) is 2. The third kappa shape index (κ3) is 6.44. The van der Waals surface area contributed by atoms with Gasteiger partial charge in [-0.1, -0.05) is 24.6 Å². The Morgan fingerprint density at radius 3 is 2.21 bits per heavy atom. The lowest BCUT2D eigenvalue weighted by Crippen LogP contribution is -2.36. The van der Waals surface area contributed by atoms with E-state index < -0.39 is 11.2 Å². The molecule has 2 aromatic heterocycles. The Balaban J connectivity index is 1.07. The number of H-pyrrole nitrogens is 2. The average molecular weight is 652 g/mol. The summed E-state index contributed by atoms with van der Waals surface area (Å²) in [5.41, 5.74) is 6.01. The van der Waals surface area contributed by atoms with E-state index in [-0.39, 0.29) is 29.9 Å². The number of ether oxygens (including phenoxy) is 3. The standard InChI is InChI=1S/C38H45N5O5/c1-37(2,3)47-35(44)28-10-7-9-27(28)33-39-19-29(41-33)22-12-14-25-24(17-22)21-46-32-18-23(13-15-26(25)32)30-20-40-34(42-30)31-11-8-16-43(31)36(45)48-38(4,5)6/h12-15,17-20,27-28,31H,7-11,16,21H2,1-6H3,(H,39,41)(H,40,42)/t27-,28?,31+/m1/s1. The summed E-state index contributed by atoms with van der Waals surface area (Å²) in [4.78, 5) is 43.9. The van der Waals surface area contributed by atoms with Crippen molar-refractivity contribution in [3.8, 4) is 39.4 Å². The van der Waals surface area contributed by atoms with Crippen LogP contribution in [0.15, 0.2) is 48.8 Å². The molecule has 10 heteroatoms. The van der Waals surface area contributed by atoms with Gasteiger partial charge in [0.1, 0.15) is 35.2 Å². The van der Waals surface area contributed by atoms with Gasteiger partial charge in [-0.25, -0.2) is 14.8 Å². The van der Waals surface area contributed by atoms with E-state index in [4.69, 9.17) is 19.2 Å². The molecule has 3 aliphatic rings. The monoisotopic (exact) mass is 651 g/mol. The highest BCUT2D eigenvalue weighted by atomic mass is 16.6. The fraction of sp³-hybridized carbons (Fsp3) is 0.474. The summed E-state index contributed by atoms with van der Waals surface area (Å²) in [6.45, 7) is 12.5. The zero-order valence-corrected chi connectivity index (χ0v) is 28.7. The largest absolute Gasteiger partial charge is 0.488 e. The van der Waals surface area contributed by atoms with Gasteiger partial charge in [-0.05, 0) is 102 Å². The summed E-state index contributed by atoms with van der Waals surface area (Å²) in [6.07, 6.45) is 7.85. The second-order valence-corrected chi connectivity index (χ2v) is 15.2. The molecule has 252 valence electrons. The van der Waals surface area contributed by atoms with Crippen LogP contribution in [0.1, 0.15) is 103 Å². The van der Waals surface area contributed by atoms with Crippen LogP contribution in [0.4, 0.5) is 4.79 Å². The van der Waals surface area contributed by atoms with Gasteiger partial charge in [0, 0.05) is 23.6 Å². The molecule has 1 aliphatic carbocycles. The molecule has 0 spiro atoms. The highest BCUT2D eigenvalue weighted by Crippen LogP contribution is 2.43. The molecule has 48 heavy (non-hydrogen) atoms. The molecule has 2 aliphatic heterocycles. The first-order valence-corrected chi connectivity index (χ1v) is 17.1. The Hall–Kier alpha value is -4.60. The van der Waals surface area contributed by atoms with E-state index in [1.54, 1.807) is 4.90 Å². The van der Waals surface area contributed by atoms with Gasteiger partial charge in [-0.2, -0.15) is 0 Å². The maximum absolute atomic E-state index is 12.9. The summed E-state index contributed by atoms with van der Waals surface area (Å²) in [6, 6.07) is 12.5. The molecular weight excluding hydrogens is 606 g/mol. The van der Waals surface area contributed by atoms with E-state index in [1.165, 1.54) is 0 Å². The summed E-state index contributed by atoms with van der Waals surface area (Å²) in [5.74, 6) is 2.15. The number of amides is 1. The number of aromatic nitrogens is 4. The molecule has 2 aromatic carbocycles. The third-order valence-corrected chi connectivity index (χ3v) is 9.35.